The number of benzene rings is 1. The first-order valence-electron chi connectivity index (χ1n) is 4.89. The Morgan fingerprint density at radius 3 is 2.87 bits per heavy atom. The molecule has 0 radical (unpaired) electrons. The smallest absolute Gasteiger partial charge is 0.178 e. The number of rotatable bonds is 2. The molecule has 0 fully saturated rings. The molecule has 2 rings (SSSR count). The van der Waals surface area contributed by atoms with Crippen LogP contribution in [0.2, 0.25) is 0 Å². The van der Waals surface area contributed by atoms with Crippen LogP contribution in [0.3, 0.4) is 0 Å². The molecule has 0 aliphatic heterocycles. The SMILES string of the molecule is CC(C)Cn1c(Br)nc2cc(F)ccc21. The van der Waals surface area contributed by atoms with Gasteiger partial charge in [0.2, 0.25) is 0 Å². The van der Waals surface area contributed by atoms with Crippen molar-refractivity contribution in [1.29, 1.82) is 0 Å². The predicted octanol–water partition coefficient (Wildman–Crippen LogP) is 3.59. The third-order valence-electron chi connectivity index (χ3n) is 2.21. The maximum Gasteiger partial charge on any atom is 0.178 e. The molecule has 1 aromatic heterocycles. The molecule has 0 amide bonds. The Balaban J connectivity index is 2.58. The lowest BCUT2D eigenvalue weighted by Crippen LogP contribution is -2.04. The summed E-state index contributed by atoms with van der Waals surface area (Å²) in [7, 11) is 0. The lowest BCUT2D eigenvalue weighted by atomic mass is 10.2. The van der Waals surface area contributed by atoms with Gasteiger partial charge in [-0.3, -0.25) is 0 Å². The molecule has 80 valence electrons. The van der Waals surface area contributed by atoms with E-state index in [0.717, 1.165) is 16.8 Å². The molecule has 0 N–H and O–H groups in total. The van der Waals surface area contributed by atoms with Crippen LogP contribution in [0.1, 0.15) is 13.8 Å². The van der Waals surface area contributed by atoms with Gasteiger partial charge in [0.05, 0.1) is 11.0 Å². The van der Waals surface area contributed by atoms with Crippen LogP contribution in [-0.4, -0.2) is 9.55 Å². The van der Waals surface area contributed by atoms with Gasteiger partial charge < -0.3 is 4.57 Å². The molecule has 2 nitrogen and oxygen atoms in total. The minimum Gasteiger partial charge on any atom is -0.318 e. The van der Waals surface area contributed by atoms with Crippen LogP contribution in [0.15, 0.2) is 22.9 Å². The van der Waals surface area contributed by atoms with Gasteiger partial charge in [-0.15, -0.1) is 0 Å². The molecule has 15 heavy (non-hydrogen) atoms. The Morgan fingerprint density at radius 2 is 2.20 bits per heavy atom. The van der Waals surface area contributed by atoms with E-state index in [1.165, 1.54) is 12.1 Å². The Hall–Kier alpha value is -0.900. The monoisotopic (exact) mass is 270 g/mol. The maximum atomic E-state index is 13.0. The summed E-state index contributed by atoms with van der Waals surface area (Å²) in [4.78, 5) is 4.27. The standard InChI is InChI=1S/C11H12BrFN2/c1-7(2)6-15-10-4-3-8(13)5-9(10)14-11(15)12/h3-5,7H,6H2,1-2H3. The molecule has 4 heteroatoms. The van der Waals surface area contributed by atoms with Crippen molar-refractivity contribution in [2.75, 3.05) is 0 Å². The third-order valence-corrected chi connectivity index (χ3v) is 2.82. The Morgan fingerprint density at radius 1 is 1.47 bits per heavy atom. The summed E-state index contributed by atoms with van der Waals surface area (Å²) in [6.07, 6.45) is 0. The first-order valence-corrected chi connectivity index (χ1v) is 5.68. The average molecular weight is 271 g/mol. The number of fused-ring (bicyclic) bond motifs is 1. The molecule has 0 bridgehead atoms. The van der Waals surface area contributed by atoms with Crippen molar-refractivity contribution >= 4 is 27.0 Å². The lowest BCUT2D eigenvalue weighted by molar-refractivity contribution is 0.526. The van der Waals surface area contributed by atoms with E-state index in [1.54, 1.807) is 6.07 Å². The first-order chi connectivity index (χ1) is 7.08. The van der Waals surface area contributed by atoms with Crippen LogP contribution in [0, 0.1) is 11.7 Å². The van der Waals surface area contributed by atoms with E-state index in [9.17, 15) is 4.39 Å². The minimum absolute atomic E-state index is 0.246. The van der Waals surface area contributed by atoms with E-state index < -0.39 is 0 Å². The van der Waals surface area contributed by atoms with Crippen LogP contribution in [0.4, 0.5) is 4.39 Å². The predicted molar refractivity (Wildman–Crippen MR) is 62.2 cm³/mol. The fourth-order valence-corrected chi connectivity index (χ4v) is 2.14. The van der Waals surface area contributed by atoms with Gasteiger partial charge in [-0.05, 0) is 34.0 Å². The van der Waals surface area contributed by atoms with Crippen LogP contribution in [-0.2, 0) is 6.54 Å². The van der Waals surface area contributed by atoms with Crippen LogP contribution in [0.25, 0.3) is 11.0 Å². The van der Waals surface area contributed by atoms with Gasteiger partial charge in [-0.1, -0.05) is 13.8 Å². The quantitative estimate of drug-likeness (QED) is 0.816. The van der Waals surface area contributed by atoms with Crippen molar-refractivity contribution in [3.63, 3.8) is 0 Å². The summed E-state index contributed by atoms with van der Waals surface area (Å²) >= 11 is 3.39. The molecular weight excluding hydrogens is 259 g/mol. The van der Waals surface area contributed by atoms with Gasteiger partial charge in [0.15, 0.2) is 4.73 Å². The molecule has 0 aliphatic rings. The molecule has 0 spiro atoms. The van der Waals surface area contributed by atoms with Crippen molar-refractivity contribution in [2.24, 2.45) is 5.92 Å². The van der Waals surface area contributed by atoms with Crippen molar-refractivity contribution in [3.8, 4) is 0 Å². The number of aromatic nitrogens is 2. The van der Waals surface area contributed by atoms with Gasteiger partial charge in [0.25, 0.3) is 0 Å². The highest BCUT2D eigenvalue weighted by Gasteiger charge is 2.09. The van der Waals surface area contributed by atoms with Crippen molar-refractivity contribution in [2.45, 2.75) is 20.4 Å². The largest absolute Gasteiger partial charge is 0.318 e. The highest BCUT2D eigenvalue weighted by atomic mass is 79.9. The van der Waals surface area contributed by atoms with Crippen molar-refractivity contribution in [1.82, 2.24) is 9.55 Å². The normalized spacial score (nSPS) is 11.5. The highest BCUT2D eigenvalue weighted by Crippen LogP contribution is 2.22. The second kappa shape index (κ2) is 3.93. The molecule has 0 atom stereocenters. The molecule has 0 saturated heterocycles. The molecule has 2 aromatic rings. The zero-order valence-electron chi connectivity index (χ0n) is 8.67. The van der Waals surface area contributed by atoms with Gasteiger partial charge in [0, 0.05) is 12.6 Å². The van der Waals surface area contributed by atoms with Crippen LogP contribution >= 0.6 is 15.9 Å². The Bertz CT molecular complexity index is 491. The van der Waals surface area contributed by atoms with Crippen molar-refractivity contribution < 1.29 is 4.39 Å². The molecule has 0 unspecified atom stereocenters. The summed E-state index contributed by atoms with van der Waals surface area (Å²) in [6, 6.07) is 4.69. The zero-order chi connectivity index (χ0) is 11.0. The summed E-state index contributed by atoms with van der Waals surface area (Å²) in [6.45, 7) is 5.16. The third kappa shape index (κ3) is 2.04. The van der Waals surface area contributed by atoms with Crippen molar-refractivity contribution in [3.05, 3.63) is 28.7 Å². The van der Waals surface area contributed by atoms with E-state index in [4.69, 9.17) is 0 Å². The maximum absolute atomic E-state index is 13.0. The Kier molecular flexibility index (Phi) is 2.78. The number of imidazole rings is 1. The summed E-state index contributed by atoms with van der Waals surface area (Å²) in [5.41, 5.74) is 1.67. The van der Waals surface area contributed by atoms with E-state index in [-0.39, 0.29) is 5.82 Å². The fraction of sp³-hybridized carbons (Fsp3) is 0.364. The second-order valence-corrected chi connectivity index (χ2v) is 4.73. The van der Waals surface area contributed by atoms with E-state index in [2.05, 4.69) is 39.3 Å². The zero-order valence-corrected chi connectivity index (χ0v) is 10.3. The summed E-state index contributed by atoms with van der Waals surface area (Å²) in [5.74, 6) is 0.285. The second-order valence-electron chi connectivity index (χ2n) is 4.02. The van der Waals surface area contributed by atoms with Gasteiger partial charge in [0.1, 0.15) is 5.82 Å². The van der Waals surface area contributed by atoms with Gasteiger partial charge in [-0.25, -0.2) is 9.37 Å². The van der Waals surface area contributed by atoms with Crippen LogP contribution in [0.5, 0.6) is 0 Å². The Labute approximate surface area is 96.2 Å². The number of nitrogens with zero attached hydrogens (tertiary/aromatic N) is 2. The highest BCUT2D eigenvalue weighted by molar-refractivity contribution is 9.10. The number of halogens is 2. The van der Waals surface area contributed by atoms with Crippen LogP contribution < -0.4 is 0 Å². The molecule has 0 saturated carbocycles. The fourth-order valence-electron chi connectivity index (χ4n) is 1.61. The molecular formula is C11H12BrFN2. The summed E-state index contributed by atoms with van der Waals surface area (Å²) in [5, 5.41) is 0. The van der Waals surface area contributed by atoms with E-state index in [1.807, 2.05) is 0 Å². The lowest BCUT2D eigenvalue weighted by Gasteiger charge is -2.08. The molecule has 1 aromatic carbocycles. The molecule has 0 aliphatic carbocycles. The first kappa shape index (κ1) is 10.6. The summed E-state index contributed by atoms with van der Waals surface area (Å²) < 4.78 is 15.8. The van der Waals surface area contributed by atoms with Gasteiger partial charge >= 0.3 is 0 Å². The van der Waals surface area contributed by atoms with E-state index >= 15 is 0 Å². The minimum atomic E-state index is -0.246. The van der Waals surface area contributed by atoms with Gasteiger partial charge in [-0.2, -0.15) is 0 Å². The number of hydrogen-bond donors (Lipinski definition) is 0. The molecule has 1 heterocycles. The topological polar surface area (TPSA) is 17.8 Å². The number of hydrogen-bond acceptors (Lipinski definition) is 1. The average Bonchev–Trinajstić information content (AvgIpc) is 2.41. The van der Waals surface area contributed by atoms with E-state index in [0.29, 0.717) is 11.4 Å².